The Kier molecular flexibility index (Phi) is 10.8. The van der Waals surface area contributed by atoms with Gasteiger partial charge in [-0.05, 0) is 32.4 Å². The van der Waals surface area contributed by atoms with E-state index in [2.05, 4.69) is 4.99 Å². The lowest BCUT2D eigenvalue weighted by atomic mass is 9.75. The molecule has 0 saturated carbocycles. The number of carbonyl (C=O) groups excluding carboxylic acids is 2. The average Bonchev–Trinajstić information content (AvgIpc) is 2.76. The molecule has 0 radical (unpaired) electrons. The number of esters is 2. The van der Waals surface area contributed by atoms with Gasteiger partial charge in [0.15, 0.2) is 0 Å². The highest BCUT2D eigenvalue weighted by atomic mass is 35.5. The number of hydrogen-bond donors (Lipinski definition) is 1. The molecule has 0 bridgehead atoms. The molecule has 0 aliphatic carbocycles. The highest BCUT2D eigenvalue weighted by Crippen LogP contribution is 2.44. The lowest BCUT2D eigenvalue weighted by Crippen LogP contribution is -2.37. The van der Waals surface area contributed by atoms with Crippen molar-refractivity contribution in [2.75, 3.05) is 40.1 Å². The Morgan fingerprint density at radius 2 is 1.85 bits per heavy atom. The Bertz CT molecular complexity index is 916. The number of halogens is 2. The van der Waals surface area contributed by atoms with Crippen LogP contribution in [0, 0.1) is 5.92 Å². The molecule has 2 N–H and O–H groups in total. The number of benzene rings is 1. The van der Waals surface area contributed by atoms with E-state index < -0.39 is 29.9 Å². The molecule has 1 aliphatic rings. The number of rotatable bonds is 11. The van der Waals surface area contributed by atoms with Gasteiger partial charge in [0, 0.05) is 18.2 Å². The minimum Gasteiger partial charge on any atom is -0.468 e. The summed E-state index contributed by atoms with van der Waals surface area (Å²) in [5.41, 5.74) is 6.89. The number of hydrogen-bond acceptors (Lipinski definition) is 8. The van der Waals surface area contributed by atoms with Gasteiger partial charge in [-0.15, -0.1) is 0 Å². The van der Waals surface area contributed by atoms with Crippen molar-refractivity contribution in [3.63, 3.8) is 0 Å². The quantitative estimate of drug-likeness (QED) is 0.365. The SMILES string of the molecule is COC(=O)C1C(C)=NC(COCCOCCN)=C(C(=O)OC(C)C)C1c1cccc(Cl)c1Cl. The van der Waals surface area contributed by atoms with Gasteiger partial charge in [-0.25, -0.2) is 4.79 Å². The molecule has 0 fully saturated rings. The van der Waals surface area contributed by atoms with Gasteiger partial charge in [0.25, 0.3) is 0 Å². The van der Waals surface area contributed by atoms with E-state index >= 15 is 0 Å². The van der Waals surface area contributed by atoms with Crippen molar-refractivity contribution >= 4 is 40.9 Å². The van der Waals surface area contributed by atoms with Crippen LogP contribution in [0.25, 0.3) is 0 Å². The first kappa shape index (κ1) is 27.3. The van der Waals surface area contributed by atoms with Crippen molar-refractivity contribution in [3.8, 4) is 0 Å². The zero-order valence-corrected chi connectivity index (χ0v) is 20.7. The smallest absolute Gasteiger partial charge is 0.336 e. The average molecular weight is 501 g/mol. The van der Waals surface area contributed by atoms with Crippen LogP contribution < -0.4 is 5.73 Å². The van der Waals surface area contributed by atoms with E-state index in [1.54, 1.807) is 39.0 Å². The Labute approximate surface area is 204 Å². The topological polar surface area (TPSA) is 109 Å². The van der Waals surface area contributed by atoms with E-state index in [1.807, 2.05) is 0 Å². The van der Waals surface area contributed by atoms with Crippen molar-refractivity contribution in [2.45, 2.75) is 32.8 Å². The zero-order valence-electron chi connectivity index (χ0n) is 19.2. The normalized spacial score (nSPS) is 18.4. The molecule has 8 nitrogen and oxygen atoms in total. The summed E-state index contributed by atoms with van der Waals surface area (Å²) in [7, 11) is 1.28. The molecular weight excluding hydrogens is 471 g/mol. The van der Waals surface area contributed by atoms with Crippen LogP contribution in [-0.4, -0.2) is 63.8 Å². The number of nitrogens with two attached hydrogens (primary N) is 1. The van der Waals surface area contributed by atoms with Gasteiger partial charge in [-0.3, -0.25) is 9.79 Å². The summed E-state index contributed by atoms with van der Waals surface area (Å²) < 4.78 is 21.6. The first-order valence-corrected chi connectivity index (χ1v) is 11.3. The summed E-state index contributed by atoms with van der Waals surface area (Å²) in [5.74, 6) is -2.88. The summed E-state index contributed by atoms with van der Waals surface area (Å²) in [6.07, 6.45) is -0.393. The van der Waals surface area contributed by atoms with Gasteiger partial charge in [0.05, 0.1) is 61.0 Å². The number of methoxy groups -OCH3 is 1. The van der Waals surface area contributed by atoms with Crippen LogP contribution in [0.3, 0.4) is 0 Å². The van der Waals surface area contributed by atoms with Gasteiger partial charge in [-0.1, -0.05) is 35.3 Å². The second-order valence-electron chi connectivity index (χ2n) is 7.64. The molecule has 33 heavy (non-hydrogen) atoms. The molecule has 0 spiro atoms. The standard InChI is InChI=1S/C23H30Cl2N2O6/c1-13(2)33-23(29)20-17(12-32-11-10-31-9-8-26)27-14(3)18(22(28)30-4)19(20)15-6-5-7-16(24)21(15)25/h5-7,13,18-19H,8-12,26H2,1-4H3. The Morgan fingerprint density at radius 3 is 2.48 bits per heavy atom. The second-order valence-corrected chi connectivity index (χ2v) is 8.43. The molecule has 2 atom stereocenters. The number of nitrogens with zero attached hydrogens (tertiary/aromatic N) is 1. The molecule has 182 valence electrons. The van der Waals surface area contributed by atoms with Crippen LogP contribution in [0.5, 0.6) is 0 Å². The van der Waals surface area contributed by atoms with E-state index in [1.165, 1.54) is 7.11 Å². The van der Waals surface area contributed by atoms with Crippen molar-refractivity contribution in [1.29, 1.82) is 0 Å². The summed E-state index contributed by atoms with van der Waals surface area (Å²) >= 11 is 12.8. The monoisotopic (exact) mass is 500 g/mol. The third-order valence-corrected chi connectivity index (χ3v) is 5.76. The first-order valence-electron chi connectivity index (χ1n) is 10.6. The van der Waals surface area contributed by atoms with Crippen molar-refractivity contribution in [3.05, 3.63) is 45.1 Å². The first-order chi connectivity index (χ1) is 15.7. The highest BCUT2D eigenvalue weighted by molar-refractivity contribution is 6.42. The predicted octanol–water partition coefficient (Wildman–Crippen LogP) is 3.54. The Hall–Kier alpha value is -1.97. The molecule has 1 heterocycles. The van der Waals surface area contributed by atoms with Crippen LogP contribution in [-0.2, 0) is 28.5 Å². The molecule has 1 aliphatic heterocycles. The van der Waals surface area contributed by atoms with Crippen molar-refractivity contribution < 1.29 is 28.5 Å². The molecule has 0 aromatic heterocycles. The van der Waals surface area contributed by atoms with Gasteiger partial charge >= 0.3 is 11.9 Å². The number of aliphatic imine (C=N–C) groups is 1. The fourth-order valence-corrected chi connectivity index (χ4v) is 3.99. The van der Waals surface area contributed by atoms with E-state index in [0.29, 0.717) is 41.8 Å². The number of ether oxygens (including phenoxy) is 4. The lowest BCUT2D eigenvalue weighted by Gasteiger charge is -2.32. The number of carbonyl (C=O) groups is 2. The second kappa shape index (κ2) is 13.1. The fourth-order valence-electron chi connectivity index (χ4n) is 3.56. The van der Waals surface area contributed by atoms with Gasteiger partial charge in [0.1, 0.15) is 5.92 Å². The molecule has 2 rings (SSSR count). The van der Waals surface area contributed by atoms with Crippen LogP contribution in [0.4, 0.5) is 0 Å². The molecule has 0 saturated heterocycles. The van der Waals surface area contributed by atoms with Gasteiger partial charge in [-0.2, -0.15) is 0 Å². The largest absolute Gasteiger partial charge is 0.468 e. The predicted molar refractivity (Wildman–Crippen MR) is 127 cm³/mol. The zero-order chi connectivity index (χ0) is 24.5. The molecule has 0 amide bonds. The van der Waals surface area contributed by atoms with E-state index in [0.717, 1.165) is 0 Å². The molecule has 1 aromatic rings. The maximum Gasteiger partial charge on any atom is 0.336 e. The van der Waals surface area contributed by atoms with Crippen LogP contribution in [0.2, 0.25) is 10.0 Å². The van der Waals surface area contributed by atoms with Gasteiger partial charge in [0.2, 0.25) is 0 Å². The molecule has 1 aromatic carbocycles. The van der Waals surface area contributed by atoms with Crippen molar-refractivity contribution in [1.82, 2.24) is 0 Å². The van der Waals surface area contributed by atoms with Gasteiger partial charge < -0.3 is 24.7 Å². The summed E-state index contributed by atoms with van der Waals surface area (Å²) in [5, 5.41) is 0.530. The van der Waals surface area contributed by atoms with E-state index in [9.17, 15) is 9.59 Å². The third-order valence-electron chi connectivity index (χ3n) is 4.92. The van der Waals surface area contributed by atoms with Crippen LogP contribution in [0.1, 0.15) is 32.3 Å². The summed E-state index contributed by atoms with van der Waals surface area (Å²) in [4.78, 5) is 30.6. The summed E-state index contributed by atoms with van der Waals surface area (Å²) in [6, 6.07) is 5.05. The fraction of sp³-hybridized carbons (Fsp3) is 0.522. The Balaban J connectivity index is 2.56. The molecule has 2 unspecified atom stereocenters. The maximum atomic E-state index is 13.3. The van der Waals surface area contributed by atoms with Crippen LogP contribution >= 0.6 is 23.2 Å². The Morgan fingerprint density at radius 1 is 1.15 bits per heavy atom. The van der Waals surface area contributed by atoms with Crippen LogP contribution in [0.15, 0.2) is 34.5 Å². The highest BCUT2D eigenvalue weighted by Gasteiger charge is 2.44. The van der Waals surface area contributed by atoms with E-state index in [4.69, 9.17) is 47.9 Å². The minimum absolute atomic E-state index is 0.00836. The molecule has 10 heteroatoms. The third kappa shape index (κ3) is 7.01. The minimum atomic E-state index is -0.891. The summed E-state index contributed by atoms with van der Waals surface area (Å²) in [6.45, 7) is 6.62. The lowest BCUT2D eigenvalue weighted by molar-refractivity contribution is -0.145. The molecular formula is C23H30Cl2N2O6. The maximum absolute atomic E-state index is 13.3. The van der Waals surface area contributed by atoms with E-state index in [-0.39, 0.29) is 23.8 Å². The van der Waals surface area contributed by atoms with Crippen molar-refractivity contribution in [2.24, 2.45) is 16.6 Å².